The zero-order valence-electron chi connectivity index (χ0n) is 16.1. The van der Waals surface area contributed by atoms with Crippen LogP contribution in [-0.2, 0) is 0 Å². The largest absolute Gasteiger partial charge is 0.495 e. The molecule has 0 spiro atoms. The van der Waals surface area contributed by atoms with Crippen molar-refractivity contribution >= 4 is 34.1 Å². The zero-order chi connectivity index (χ0) is 20.3. The molecule has 0 amide bonds. The molecule has 0 aliphatic rings. The minimum absolute atomic E-state index is 0.552. The van der Waals surface area contributed by atoms with Crippen LogP contribution in [0.2, 0.25) is 0 Å². The van der Waals surface area contributed by atoms with Gasteiger partial charge in [0.05, 0.1) is 38.4 Å². The van der Waals surface area contributed by atoms with Gasteiger partial charge in [0.1, 0.15) is 17.2 Å². The number of hydrogen-bond donors (Lipinski definition) is 3. The maximum Gasteiger partial charge on any atom is 0.143 e. The van der Waals surface area contributed by atoms with Crippen molar-refractivity contribution in [2.24, 2.45) is 0 Å². The van der Waals surface area contributed by atoms with E-state index in [0.717, 1.165) is 17.1 Å². The van der Waals surface area contributed by atoms with Crippen molar-refractivity contribution in [1.82, 2.24) is 0 Å². The molecule has 0 aliphatic heterocycles. The third-order valence-corrected chi connectivity index (χ3v) is 4.43. The summed E-state index contributed by atoms with van der Waals surface area (Å²) >= 11 is 0. The van der Waals surface area contributed by atoms with Crippen LogP contribution in [0.3, 0.4) is 0 Å². The number of hydrogen-bond acceptors (Lipinski definition) is 7. The zero-order valence-corrected chi connectivity index (χ0v) is 16.1. The van der Waals surface area contributed by atoms with Crippen LogP contribution in [0.15, 0.2) is 54.6 Å². The molecule has 0 bridgehead atoms. The van der Waals surface area contributed by atoms with Crippen LogP contribution >= 0.6 is 0 Å². The minimum Gasteiger partial charge on any atom is -0.495 e. The van der Waals surface area contributed by atoms with Crippen molar-refractivity contribution in [3.63, 3.8) is 0 Å². The number of nitrogens with two attached hydrogens (primary N) is 3. The molecular formula is C21H24N4O3. The maximum atomic E-state index is 5.99. The van der Waals surface area contributed by atoms with Crippen molar-refractivity contribution in [2.45, 2.75) is 0 Å². The molecule has 0 atom stereocenters. The first-order valence-corrected chi connectivity index (χ1v) is 8.59. The molecule has 7 heteroatoms. The van der Waals surface area contributed by atoms with Gasteiger partial charge in [-0.25, -0.2) is 0 Å². The highest BCUT2D eigenvalue weighted by Gasteiger charge is 2.17. The Kier molecular flexibility index (Phi) is 5.35. The fourth-order valence-corrected chi connectivity index (χ4v) is 2.96. The number of nitrogen functional groups attached to an aromatic ring is 3. The van der Waals surface area contributed by atoms with Gasteiger partial charge in [0, 0.05) is 35.3 Å². The summed E-state index contributed by atoms with van der Waals surface area (Å²) in [4.78, 5) is 2.01. The molecule has 0 unspecified atom stereocenters. The van der Waals surface area contributed by atoms with Gasteiger partial charge in [0.2, 0.25) is 0 Å². The van der Waals surface area contributed by atoms with E-state index in [4.69, 9.17) is 31.4 Å². The van der Waals surface area contributed by atoms with E-state index >= 15 is 0 Å². The summed E-state index contributed by atoms with van der Waals surface area (Å²) in [5, 5.41) is 0. The molecule has 0 saturated carbocycles. The van der Waals surface area contributed by atoms with Crippen LogP contribution in [0.25, 0.3) is 0 Å². The number of ether oxygens (including phenoxy) is 3. The molecule has 0 radical (unpaired) electrons. The second-order valence-electron chi connectivity index (χ2n) is 6.11. The molecule has 3 aromatic rings. The van der Waals surface area contributed by atoms with Gasteiger partial charge in [-0.1, -0.05) is 0 Å². The van der Waals surface area contributed by atoms with Crippen LogP contribution in [0.4, 0.5) is 34.1 Å². The Morgan fingerprint density at radius 1 is 0.536 bits per heavy atom. The molecule has 0 saturated heterocycles. The van der Waals surface area contributed by atoms with E-state index < -0.39 is 0 Å². The Balaban J connectivity index is 2.22. The Morgan fingerprint density at radius 3 is 1.07 bits per heavy atom. The van der Waals surface area contributed by atoms with Gasteiger partial charge in [-0.05, 0) is 36.4 Å². The SMILES string of the molecule is COc1cc(N(c2ccc(N)c(OC)c2)c2ccc(N)c(OC)c2)ccc1N. The van der Waals surface area contributed by atoms with Crippen LogP contribution in [0, 0.1) is 0 Å². The van der Waals surface area contributed by atoms with E-state index in [1.165, 1.54) is 0 Å². The Hall–Kier alpha value is -3.74. The topological polar surface area (TPSA) is 109 Å². The fraction of sp³-hybridized carbons (Fsp3) is 0.143. The summed E-state index contributed by atoms with van der Waals surface area (Å²) < 4.78 is 16.2. The van der Waals surface area contributed by atoms with E-state index in [0.29, 0.717) is 34.3 Å². The first kappa shape index (κ1) is 19.0. The average molecular weight is 380 g/mol. The summed E-state index contributed by atoms with van der Waals surface area (Å²) in [7, 11) is 4.74. The number of benzene rings is 3. The molecule has 0 aromatic heterocycles. The monoisotopic (exact) mass is 380 g/mol. The Morgan fingerprint density at radius 2 is 0.821 bits per heavy atom. The summed E-state index contributed by atoms with van der Waals surface area (Å²) in [6.45, 7) is 0. The summed E-state index contributed by atoms with van der Waals surface area (Å²) in [6, 6.07) is 16.7. The van der Waals surface area contributed by atoms with Crippen molar-refractivity contribution in [1.29, 1.82) is 0 Å². The molecule has 7 nitrogen and oxygen atoms in total. The normalized spacial score (nSPS) is 10.4. The summed E-state index contributed by atoms with van der Waals surface area (Å²) in [5.41, 5.74) is 22.1. The van der Waals surface area contributed by atoms with Gasteiger partial charge in [0.15, 0.2) is 0 Å². The molecular weight excluding hydrogens is 356 g/mol. The molecule has 0 fully saturated rings. The Labute approximate surface area is 164 Å². The van der Waals surface area contributed by atoms with Crippen molar-refractivity contribution in [3.05, 3.63) is 54.6 Å². The van der Waals surface area contributed by atoms with Gasteiger partial charge in [-0.15, -0.1) is 0 Å². The summed E-state index contributed by atoms with van der Waals surface area (Å²) in [5.74, 6) is 1.73. The highest BCUT2D eigenvalue weighted by atomic mass is 16.5. The van der Waals surface area contributed by atoms with Gasteiger partial charge in [-0.3, -0.25) is 0 Å². The molecule has 3 aromatic carbocycles. The number of rotatable bonds is 6. The van der Waals surface area contributed by atoms with Gasteiger partial charge in [0.25, 0.3) is 0 Å². The van der Waals surface area contributed by atoms with Crippen molar-refractivity contribution in [3.8, 4) is 17.2 Å². The van der Waals surface area contributed by atoms with Gasteiger partial charge < -0.3 is 36.3 Å². The smallest absolute Gasteiger partial charge is 0.143 e. The lowest BCUT2D eigenvalue weighted by atomic mass is 10.1. The van der Waals surface area contributed by atoms with Crippen LogP contribution in [-0.4, -0.2) is 21.3 Å². The highest BCUT2D eigenvalue weighted by molar-refractivity contribution is 5.82. The van der Waals surface area contributed by atoms with Crippen LogP contribution < -0.4 is 36.3 Å². The van der Waals surface area contributed by atoms with Crippen LogP contribution in [0.1, 0.15) is 0 Å². The quantitative estimate of drug-likeness (QED) is 0.556. The second-order valence-corrected chi connectivity index (χ2v) is 6.11. The van der Waals surface area contributed by atoms with Crippen molar-refractivity contribution in [2.75, 3.05) is 43.4 Å². The molecule has 6 N–H and O–H groups in total. The van der Waals surface area contributed by atoms with E-state index in [9.17, 15) is 0 Å². The van der Waals surface area contributed by atoms with E-state index in [-0.39, 0.29) is 0 Å². The highest BCUT2D eigenvalue weighted by Crippen LogP contribution is 2.41. The molecule has 146 valence electrons. The van der Waals surface area contributed by atoms with Gasteiger partial charge in [-0.2, -0.15) is 0 Å². The fourth-order valence-electron chi connectivity index (χ4n) is 2.96. The minimum atomic E-state index is 0.552. The summed E-state index contributed by atoms with van der Waals surface area (Å²) in [6.07, 6.45) is 0. The third kappa shape index (κ3) is 3.55. The van der Waals surface area contributed by atoms with Crippen molar-refractivity contribution < 1.29 is 14.2 Å². The predicted molar refractivity (Wildman–Crippen MR) is 114 cm³/mol. The van der Waals surface area contributed by atoms with E-state index in [1.807, 2.05) is 41.3 Å². The van der Waals surface area contributed by atoms with Crippen LogP contribution in [0.5, 0.6) is 17.2 Å². The number of methoxy groups -OCH3 is 3. The second kappa shape index (κ2) is 7.87. The third-order valence-electron chi connectivity index (χ3n) is 4.43. The average Bonchev–Trinajstić information content (AvgIpc) is 2.71. The van der Waals surface area contributed by atoms with E-state index in [2.05, 4.69) is 0 Å². The molecule has 3 rings (SSSR count). The number of anilines is 6. The van der Waals surface area contributed by atoms with Gasteiger partial charge >= 0.3 is 0 Å². The lowest BCUT2D eigenvalue weighted by Crippen LogP contribution is -2.11. The Bertz CT molecular complexity index is 864. The molecule has 28 heavy (non-hydrogen) atoms. The molecule has 0 aliphatic carbocycles. The lowest BCUT2D eigenvalue weighted by Gasteiger charge is -2.27. The maximum absolute atomic E-state index is 5.99. The first-order chi connectivity index (χ1) is 13.5. The lowest BCUT2D eigenvalue weighted by molar-refractivity contribution is 0.416. The first-order valence-electron chi connectivity index (χ1n) is 8.59. The number of nitrogens with zero attached hydrogens (tertiary/aromatic N) is 1. The standard InChI is InChI=1S/C21H24N4O3/c1-26-19-10-13(4-7-16(19)22)25(14-5-8-17(23)20(11-14)27-2)15-6-9-18(24)21(12-15)28-3/h4-12H,22-24H2,1-3H3. The van der Waals surface area contributed by atoms with E-state index in [1.54, 1.807) is 39.5 Å². The predicted octanol–water partition coefficient (Wildman–Crippen LogP) is 3.93. The molecule has 0 heterocycles.